The molecule has 1 aromatic heterocycles. The van der Waals surface area contributed by atoms with Gasteiger partial charge in [-0.2, -0.15) is 11.3 Å². The number of amides is 2. The Labute approximate surface area is 174 Å². The minimum atomic E-state index is -4.13. The molecule has 0 aliphatic rings. The molecule has 0 spiro atoms. The molecule has 152 valence electrons. The number of thiophene rings is 1. The summed E-state index contributed by atoms with van der Waals surface area (Å²) in [4.78, 5) is 24.4. The molecule has 2 rings (SSSR count). The highest BCUT2D eigenvalue weighted by atomic mass is 35.5. The molecular formula is C19H23ClN2O4S2. The first-order valence-electron chi connectivity index (χ1n) is 8.70. The number of sulfonamides is 1. The number of urea groups is 1. The van der Waals surface area contributed by atoms with E-state index >= 15 is 0 Å². The highest BCUT2D eigenvalue weighted by molar-refractivity contribution is 7.90. The summed E-state index contributed by atoms with van der Waals surface area (Å²) < 4.78 is 26.4. The van der Waals surface area contributed by atoms with Crippen LogP contribution in [-0.4, -0.2) is 26.0 Å². The minimum absolute atomic E-state index is 0.0586. The van der Waals surface area contributed by atoms with E-state index in [0.29, 0.717) is 16.3 Å². The molecule has 0 unspecified atom stereocenters. The van der Waals surface area contributed by atoms with Gasteiger partial charge in [0.1, 0.15) is 5.75 Å². The Hall–Kier alpha value is -1.90. The fraction of sp³-hybridized carbons (Fsp3) is 0.368. The Kier molecular flexibility index (Phi) is 7.25. The molecule has 1 heterocycles. The predicted octanol–water partition coefficient (Wildman–Crippen LogP) is 4.98. The lowest BCUT2D eigenvalue weighted by Gasteiger charge is -2.21. The number of hydrogen-bond acceptors (Lipinski definition) is 5. The van der Waals surface area contributed by atoms with Crippen molar-refractivity contribution in [1.82, 2.24) is 4.72 Å². The monoisotopic (exact) mass is 442 g/mol. The van der Waals surface area contributed by atoms with Crippen LogP contribution in [0.5, 0.6) is 0 Å². The van der Waals surface area contributed by atoms with E-state index in [1.165, 1.54) is 11.3 Å². The Balaban J connectivity index is 2.21. The molecule has 0 fully saturated rings. The number of hydrogen-bond donors (Lipinski definition) is 2. The van der Waals surface area contributed by atoms with E-state index < -0.39 is 27.6 Å². The van der Waals surface area contributed by atoms with Crippen LogP contribution in [0.3, 0.4) is 0 Å². The van der Waals surface area contributed by atoms with Crippen LogP contribution in [0.1, 0.15) is 61.0 Å². The average molecular weight is 443 g/mol. The van der Waals surface area contributed by atoms with Gasteiger partial charge in [-0.1, -0.05) is 39.3 Å². The van der Waals surface area contributed by atoms with Crippen molar-refractivity contribution in [3.8, 4) is 0 Å². The van der Waals surface area contributed by atoms with E-state index in [-0.39, 0.29) is 11.8 Å². The maximum atomic E-state index is 12.4. The van der Waals surface area contributed by atoms with E-state index in [4.69, 9.17) is 11.6 Å². The molecule has 1 aromatic carbocycles. The number of Topliss-reactive ketones (excluding diaryl/α,β-unsaturated/α-hetero) is 1. The summed E-state index contributed by atoms with van der Waals surface area (Å²) >= 11 is 7.49. The number of nitrogens with one attached hydrogen (secondary N) is 2. The van der Waals surface area contributed by atoms with Crippen molar-refractivity contribution >= 4 is 50.5 Å². The molecule has 0 radical (unpaired) electrons. The highest BCUT2D eigenvalue weighted by Gasteiger charge is 2.23. The SMILES string of the molecule is CC(C)c1cc(Cl)cc(C(C)C)c1NC(=O)NS(=O)(=O)CC(=O)c1ccsc1. The van der Waals surface area contributed by atoms with Crippen LogP contribution in [-0.2, 0) is 10.0 Å². The summed E-state index contributed by atoms with van der Waals surface area (Å²) in [6, 6.07) is 4.13. The Morgan fingerprint density at radius 3 is 2.14 bits per heavy atom. The van der Waals surface area contributed by atoms with Gasteiger partial charge in [0.2, 0.25) is 10.0 Å². The van der Waals surface area contributed by atoms with Crippen LogP contribution >= 0.6 is 22.9 Å². The number of carbonyl (C=O) groups is 2. The van der Waals surface area contributed by atoms with Gasteiger partial charge in [-0.25, -0.2) is 17.9 Å². The van der Waals surface area contributed by atoms with E-state index in [0.717, 1.165) is 11.1 Å². The van der Waals surface area contributed by atoms with Crippen molar-refractivity contribution < 1.29 is 18.0 Å². The van der Waals surface area contributed by atoms with Crippen LogP contribution in [0.4, 0.5) is 10.5 Å². The lowest BCUT2D eigenvalue weighted by molar-refractivity contribution is 0.102. The summed E-state index contributed by atoms with van der Waals surface area (Å²) in [5.74, 6) is -1.25. The lowest BCUT2D eigenvalue weighted by atomic mass is 9.92. The Bertz CT molecular complexity index is 939. The second-order valence-electron chi connectivity index (χ2n) is 7.02. The van der Waals surface area contributed by atoms with Gasteiger partial charge in [-0.05, 0) is 46.5 Å². The molecule has 9 heteroatoms. The van der Waals surface area contributed by atoms with Crippen molar-refractivity contribution in [2.24, 2.45) is 0 Å². The number of rotatable bonds is 7. The number of benzene rings is 1. The van der Waals surface area contributed by atoms with Gasteiger partial charge in [0, 0.05) is 21.7 Å². The highest BCUT2D eigenvalue weighted by Crippen LogP contribution is 2.35. The molecular weight excluding hydrogens is 420 g/mol. The zero-order chi connectivity index (χ0) is 21.1. The van der Waals surface area contributed by atoms with Gasteiger partial charge >= 0.3 is 6.03 Å². The predicted molar refractivity (Wildman–Crippen MR) is 114 cm³/mol. The molecule has 0 saturated heterocycles. The van der Waals surface area contributed by atoms with Crippen LogP contribution in [0.2, 0.25) is 5.02 Å². The van der Waals surface area contributed by atoms with Gasteiger partial charge < -0.3 is 5.32 Å². The van der Waals surface area contributed by atoms with Crippen molar-refractivity contribution in [2.45, 2.75) is 39.5 Å². The van der Waals surface area contributed by atoms with Crippen LogP contribution in [0.25, 0.3) is 0 Å². The zero-order valence-corrected chi connectivity index (χ0v) is 18.5. The lowest BCUT2D eigenvalue weighted by Crippen LogP contribution is -2.38. The van der Waals surface area contributed by atoms with Gasteiger partial charge in [0.15, 0.2) is 5.78 Å². The third-order valence-corrected chi connectivity index (χ3v) is 6.10. The number of carbonyl (C=O) groups excluding carboxylic acids is 2. The van der Waals surface area contributed by atoms with Crippen LogP contribution in [0, 0.1) is 0 Å². The third-order valence-electron chi connectivity index (χ3n) is 4.06. The fourth-order valence-electron chi connectivity index (χ4n) is 2.70. The maximum Gasteiger partial charge on any atom is 0.332 e. The van der Waals surface area contributed by atoms with E-state index in [1.807, 2.05) is 32.4 Å². The normalized spacial score (nSPS) is 11.7. The number of anilines is 1. The molecule has 2 N–H and O–H groups in total. The summed E-state index contributed by atoms with van der Waals surface area (Å²) in [6.45, 7) is 7.81. The van der Waals surface area contributed by atoms with Gasteiger partial charge in [-0.3, -0.25) is 4.79 Å². The largest absolute Gasteiger partial charge is 0.332 e. The van der Waals surface area contributed by atoms with Crippen molar-refractivity contribution in [1.29, 1.82) is 0 Å². The summed E-state index contributed by atoms with van der Waals surface area (Å²) in [6.07, 6.45) is 0. The smallest absolute Gasteiger partial charge is 0.307 e. The van der Waals surface area contributed by atoms with Crippen molar-refractivity contribution in [3.05, 3.63) is 50.7 Å². The Morgan fingerprint density at radius 1 is 1.11 bits per heavy atom. The first-order valence-corrected chi connectivity index (χ1v) is 11.7. The molecule has 2 aromatic rings. The standard InChI is InChI=1S/C19H23ClN2O4S2/c1-11(2)15-7-14(20)8-16(12(3)4)18(15)21-19(24)22-28(25,26)10-17(23)13-5-6-27-9-13/h5-9,11-12H,10H2,1-4H3,(H2,21,22,24). The molecule has 0 saturated carbocycles. The van der Waals surface area contributed by atoms with Gasteiger partial charge in [0.25, 0.3) is 0 Å². The maximum absolute atomic E-state index is 12.4. The first-order chi connectivity index (χ1) is 13.0. The van der Waals surface area contributed by atoms with Crippen LogP contribution < -0.4 is 10.0 Å². The summed E-state index contributed by atoms with van der Waals surface area (Å²) in [5, 5.41) is 6.43. The van der Waals surface area contributed by atoms with E-state index in [1.54, 1.807) is 29.0 Å². The zero-order valence-electron chi connectivity index (χ0n) is 16.1. The molecule has 0 aliphatic heterocycles. The summed E-state index contributed by atoms with van der Waals surface area (Å²) in [5.41, 5.74) is 2.44. The molecule has 2 amide bonds. The summed E-state index contributed by atoms with van der Waals surface area (Å²) in [7, 11) is -4.13. The van der Waals surface area contributed by atoms with Gasteiger partial charge in [0.05, 0.1) is 0 Å². The third kappa shape index (κ3) is 5.80. The average Bonchev–Trinajstić information content (AvgIpc) is 3.09. The molecule has 0 atom stereocenters. The van der Waals surface area contributed by atoms with E-state index in [2.05, 4.69) is 5.32 Å². The van der Waals surface area contributed by atoms with Crippen molar-refractivity contribution in [3.63, 3.8) is 0 Å². The second kappa shape index (κ2) is 9.07. The van der Waals surface area contributed by atoms with E-state index in [9.17, 15) is 18.0 Å². The topological polar surface area (TPSA) is 92.3 Å². The van der Waals surface area contributed by atoms with Gasteiger partial charge in [-0.15, -0.1) is 0 Å². The first kappa shape index (κ1) is 22.4. The molecule has 0 aliphatic carbocycles. The minimum Gasteiger partial charge on any atom is -0.307 e. The second-order valence-corrected chi connectivity index (χ2v) is 9.96. The van der Waals surface area contributed by atoms with Crippen molar-refractivity contribution in [2.75, 3.05) is 11.1 Å². The molecule has 6 nitrogen and oxygen atoms in total. The quantitative estimate of drug-likeness (QED) is 0.591. The van der Waals surface area contributed by atoms with Crippen LogP contribution in [0.15, 0.2) is 29.0 Å². The molecule has 28 heavy (non-hydrogen) atoms. The molecule has 0 bridgehead atoms. The number of ketones is 1. The Morgan fingerprint density at radius 2 is 1.68 bits per heavy atom. The number of halogens is 1. The fourth-order valence-corrected chi connectivity index (χ4v) is 4.51.